The lowest BCUT2D eigenvalue weighted by Gasteiger charge is -2.11. The molecule has 0 fully saturated rings. The van der Waals surface area contributed by atoms with Gasteiger partial charge >= 0.3 is 0 Å². The molecule has 0 bridgehead atoms. The van der Waals surface area contributed by atoms with Gasteiger partial charge in [-0.25, -0.2) is 0 Å². The van der Waals surface area contributed by atoms with Crippen molar-refractivity contribution in [2.75, 3.05) is 19.5 Å². The molecule has 0 atom stereocenters. The number of hydrogen-bond acceptors (Lipinski definition) is 4. The van der Waals surface area contributed by atoms with Crippen LogP contribution < -0.4 is 20.5 Å². The van der Waals surface area contributed by atoms with E-state index in [4.69, 9.17) is 15.2 Å². The van der Waals surface area contributed by atoms with Crippen molar-refractivity contribution in [3.05, 3.63) is 53.6 Å². The number of rotatable bonds is 7. The smallest absolute Gasteiger partial charge is 0.224 e. The average molecular weight is 314 g/mol. The zero-order valence-electron chi connectivity index (χ0n) is 13.5. The SMILES string of the molecule is CCOc1ccc(CNC(=O)Cc2ccc(N)cc2)cc1OC. The highest BCUT2D eigenvalue weighted by Crippen LogP contribution is 2.27. The van der Waals surface area contributed by atoms with Crippen LogP contribution in [0.25, 0.3) is 0 Å². The summed E-state index contributed by atoms with van der Waals surface area (Å²) in [6, 6.07) is 12.9. The van der Waals surface area contributed by atoms with Crippen molar-refractivity contribution in [1.82, 2.24) is 5.32 Å². The van der Waals surface area contributed by atoms with Crippen LogP contribution in [0.3, 0.4) is 0 Å². The number of nitrogens with one attached hydrogen (secondary N) is 1. The third-order valence-electron chi connectivity index (χ3n) is 3.36. The first-order valence-electron chi connectivity index (χ1n) is 7.53. The van der Waals surface area contributed by atoms with E-state index < -0.39 is 0 Å². The number of anilines is 1. The number of hydrogen-bond donors (Lipinski definition) is 2. The summed E-state index contributed by atoms with van der Waals surface area (Å²) in [6.07, 6.45) is 0.328. The molecule has 2 aromatic rings. The standard InChI is InChI=1S/C18H22N2O3/c1-3-23-16-9-6-14(10-17(16)22-2)12-20-18(21)11-13-4-7-15(19)8-5-13/h4-10H,3,11-12,19H2,1-2H3,(H,20,21). The second-order valence-corrected chi connectivity index (χ2v) is 5.11. The van der Waals surface area contributed by atoms with Crippen molar-refractivity contribution in [1.29, 1.82) is 0 Å². The number of nitrogens with two attached hydrogens (primary N) is 1. The molecule has 2 aromatic carbocycles. The minimum atomic E-state index is -0.0392. The molecule has 0 radical (unpaired) electrons. The van der Waals surface area contributed by atoms with Gasteiger partial charge in [-0.3, -0.25) is 4.79 Å². The summed E-state index contributed by atoms with van der Waals surface area (Å²) < 4.78 is 10.8. The lowest BCUT2D eigenvalue weighted by Crippen LogP contribution is -2.24. The Morgan fingerprint density at radius 3 is 2.43 bits per heavy atom. The van der Waals surface area contributed by atoms with Crippen molar-refractivity contribution in [2.45, 2.75) is 19.9 Å². The fraction of sp³-hybridized carbons (Fsp3) is 0.278. The molecular weight excluding hydrogens is 292 g/mol. The molecule has 0 aromatic heterocycles. The third-order valence-corrected chi connectivity index (χ3v) is 3.36. The molecule has 5 heteroatoms. The van der Waals surface area contributed by atoms with E-state index in [9.17, 15) is 4.79 Å². The molecule has 0 heterocycles. The fourth-order valence-corrected chi connectivity index (χ4v) is 2.18. The molecule has 5 nitrogen and oxygen atoms in total. The molecule has 122 valence electrons. The largest absolute Gasteiger partial charge is 0.493 e. The van der Waals surface area contributed by atoms with E-state index in [0.29, 0.717) is 36.8 Å². The molecule has 0 aliphatic heterocycles. The van der Waals surface area contributed by atoms with E-state index in [1.165, 1.54) is 0 Å². The lowest BCUT2D eigenvalue weighted by atomic mass is 10.1. The zero-order chi connectivity index (χ0) is 16.7. The molecule has 0 aliphatic rings. The van der Waals surface area contributed by atoms with Crippen LogP contribution in [-0.2, 0) is 17.8 Å². The zero-order valence-corrected chi connectivity index (χ0v) is 13.5. The van der Waals surface area contributed by atoms with Gasteiger partial charge < -0.3 is 20.5 Å². The van der Waals surface area contributed by atoms with Gasteiger partial charge in [0.1, 0.15) is 0 Å². The Balaban J connectivity index is 1.92. The van der Waals surface area contributed by atoms with E-state index in [1.807, 2.05) is 37.3 Å². The van der Waals surface area contributed by atoms with Gasteiger partial charge in [0, 0.05) is 12.2 Å². The molecule has 0 unspecified atom stereocenters. The van der Waals surface area contributed by atoms with Crippen molar-refractivity contribution >= 4 is 11.6 Å². The Labute approximate surface area is 136 Å². The lowest BCUT2D eigenvalue weighted by molar-refractivity contribution is -0.120. The first-order valence-corrected chi connectivity index (χ1v) is 7.53. The number of ether oxygens (including phenoxy) is 2. The number of nitrogen functional groups attached to an aromatic ring is 1. The van der Waals surface area contributed by atoms with Gasteiger partial charge in [-0.15, -0.1) is 0 Å². The van der Waals surface area contributed by atoms with Gasteiger partial charge in [0.15, 0.2) is 11.5 Å². The Bertz CT molecular complexity index is 654. The summed E-state index contributed by atoms with van der Waals surface area (Å²) in [5.41, 5.74) is 8.21. The predicted octanol–water partition coefficient (Wildman–Crippen LogP) is 2.54. The van der Waals surface area contributed by atoms with E-state index >= 15 is 0 Å². The maximum atomic E-state index is 12.0. The molecule has 1 amide bonds. The summed E-state index contributed by atoms with van der Waals surface area (Å²) in [5, 5.41) is 2.90. The summed E-state index contributed by atoms with van der Waals surface area (Å²) in [7, 11) is 1.60. The average Bonchev–Trinajstić information content (AvgIpc) is 2.56. The maximum absolute atomic E-state index is 12.0. The van der Waals surface area contributed by atoms with Crippen LogP contribution >= 0.6 is 0 Å². The Kier molecular flexibility index (Phi) is 5.86. The van der Waals surface area contributed by atoms with Crippen molar-refractivity contribution in [3.8, 4) is 11.5 Å². The highest BCUT2D eigenvalue weighted by atomic mass is 16.5. The molecule has 0 spiro atoms. The summed E-state index contributed by atoms with van der Waals surface area (Å²) in [6.45, 7) is 2.94. The quantitative estimate of drug-likeness (QED) is 0.770. The van der Waals surface area contributed by atoms with Crippen LogP contribution in [0, 0.1) is 0 Å². The minimum Gasteiger partial charge on any atom is -0.493 e. The van der Waals surface area contributed by atoms with Crippen LogP contribution in [0.2, 0.25) is 0 Å². The number of carbonyl (C=O) groups excluding carboxylic acids is 1. The van der Waals surface area contributed by atoms with Gasteiger partial charge in [0.25, 0.3) is 0 Å². The molecular formula is C18H22N2O3. The highest BCUT2D eigenvalue weighted by molar-refractivity contribution is 5.78. The third kappa shape index (κ3) is 4.92. The van der Waals surface area contributed by atoms with Crippen LogP contribution in [0.15, 0.2) is 42.5 Å². The Morgan fingerprint density at radius 2 is 1.78 bits per heavy atom. The maximum Gasteiger partial charge on any atom is 0.224 e. The Morgan fingerprint density at radius 1 is 1.09 bits per heavy atom. The molecule has 23 heavy (non-hydrogen) atoms. The van der Waals surface area contributed by atoms with Gasteiger partial charge in [-0.1, -0.05) is 18.2 Å². The Hall–Kier alpha value is -2.69. The molecule has 0 saturated carbocycles. The van der Waals surface area contributed by atoms with E-state index in [0.717, 1.165) is 11.1 Å². The summed E-state index contributed by atoms with van der Waals surface area (Å²) >= 11 is 0. The summed E-state index contributed by atoms with van der Waals surface area (Å²) in [4.78, 5) is 12.0. The van der Waals surface area contributed by atoms with E-state index in [-0.39, 0.29) is 5.91 Å². The van der Waals surface area contributed by atoms with Crippen LogP contribution in [0.4, 0.5) is 5.69 Å². The van der Waals surface area contributed by atoms with Gasteiger partial charge in [0.2, 0.25) is 5.91 Å². The van der Waals surface area contributed by atoms with Crippen LogP contribution in [0.1, 0.15) is 18.1 Å². The normalized spacial score (nSPS) is 10.2. The van der Waals surface area contributed by atoms with E-state index in [1.54, 1.807) is 19.2 Å². The van der Waals surface area contributed by atoms with Crippen molar-refractivity contribution < 1.29 is 14.3 Å². The van der Waals surface area contributed by atoms with Crippen molar-refractivity contribution in [3.63, 3.8) is 0 Å². The van der Waals surface area contributed by atoms with Crippen LogP contribution in [-0.4, -0.2) is 19.6 Å². The number of amides is 1. The van der Waals surface area contributed by atoms with Crippen molar-refractivity contribution in [2.24, 2.45) is 0 Å². The second kappa shape index (κ2) is 8.08. The highest BCUT2D eigenvalue weighted by Gasteiger charge is 2.07. The first-order chi connectivity index (χ1) is 11.1. The number of carbonyl (C=O) groups is 1. The molecule has 3 N–H and O–H groups in total. The number of benzene rings is 2. The molecule has 0 aliphatic carbocycles. The number of methoxy groups -OCH3 is 1. The van der Waals surface area contributed by atoms with Gasteiger partial charge in [-0.2, -0.15) is 0 Å². The van der Waals surface area contributed by atoms with Gasteiger partial charge in [-0.05, 0) is 42.3 Å². The van der Waals surface area contributed by atoms with E-state index in [2.05, 4.69) is 5.32 Å². The fourth-order valence-electron chi connectivity index (χ4n) is 2.18. The second-order valence-electron chi connectivity index (χ2n) is 5.11. The van der Waals surface area contributed by atoms with Gasteiger partial charge in [0.05, 0.1) is 20.1 Å². The van der Waals surface area contributed by atoms with Crippen LogP contribution in [0.5, 0.6) is 11.5 Å². The first kappa shape index (κ1) is 16.7. The minimum absolute atomic E-state index is 0.0392. The monoisotopic (exact) mass is 314 g/mol. The predicted molar refractivity (Wildman–Crippen MR) is 90.6 cm³/mol. The topological polar surface area (TPSA) is 73.6 Å². The summed E-state index contributed by atoms with van der Waals surface area (Å²) in [5.74, 6) is 1.33. The molecule has 2 rings (SSSR count). The molecule has 0 saturated heterocycles.